The molecule has 168 valence electrons. The maximum Gasteiger partial charge on any atom is 0.417 e. The molecule has 32 heavy (non-hydrogen) atoms. The molecular weight excluding hydrogens is 443 g/mol. The van der Waals surface area contributed by atoms with Crippen molar-refractivity contribution in [3.8, 4) is 11.3 Å². The molecule has 0 saturated heterocycles. The number of thiophene rings is 1. The minimum Gasteiger partial charge on any atom is -0.462 e. The molecule has 0 saturated carbocycles. The van der Waals surface area contributed by atoms with Crippen LogP contribution in [-0.2, 0) is 23.8 Å². The second-order valence-electron chi connectivity index (χ2n) is 7.30. The quantitative estimate of drug-likeness (QED) is 0.449. The first kappa shape index (κ1) is 22.1. The average Bonchev–Trinajstić information content (AvgIpc) is 3.38. The molecule has 0 aliphatic heterocycles. The normalized spacial score (nSPS) is 13.5. The van der Waals surface area contributed by atoms with Crippen molar-refractivity contribution in [1.82, 2.24) is 0 Å². The molecule has 1 amide bonds. The molecule has 9 heteroatoms. The molecule has 5 nitrogen and oxygen atoms in total. The first-order chi connectivity index (χ1) is 15.3. The van der Waals surface area contributed by atoms with Gasteiger partial charge in [0.2, 0.25) is 0 Å². The maximum atomic E-state index is 13.3. The van der Waals surface area contributed by atoms with Crippen LogP contribution in [0.4, 0.5) is 18.2 Å². The van der Waals surface area contributed by atoms with E-state index in [4.69, 9.17) is 9.15 Å². The average molecular weight is 463 g/mol. The second kappa shape index (κ2) is 8.82. The zero-order valence-electron chi connectivity index (χ0n) is 17.2. The number of carbonyl (C=O) groups is 2. The molecule has 0 bridgehead atoms. The molecule has 0 fully saturated rings. The number of anilines is 1. The van der Waals surface area contributed by atoms with Gasteiger partial charge in [-0.3, -0.25) is 4.79 Å². The Morgan fingerprint density at radius 3 is 2.62 bits per heavy atom. The van der Waals surface area contributed by atoms with Gasteiger partial charge in [0, 0.05) is 10.4 Å². The molecule has 0 atom stereocenters. The Kier molecular flexibility index (Phi) is 6.10. The van der Waals surface area contributed by atoms with Crippen molar-refractivity contribution in [2.45, 2.75) is 38.8 Å². The number of furan rings is 1. The van der Waals surface area contributed by atoms with E-state index in [-0.39, 0.29) is 23.7 Å². The Balaban J connectivity index is 1.63. The Labute approximate surface area is 186 Å². The van der Waals surface area contributed by atoms with E-state index in [2.05, 4.69) is 5.32 Å². The van der Waals surface area contributed by atoms with Gasteiger partial charge >= 0.3 is 12.1 Å². The molecule has 1 aromatic carbocycles. The van der Waals surface area contributed by atoms with Gasteiger partial charge < -0.3 is 14.5 Å². The lowest BCUT2D eigenvalue weighted by molar-refractivity contribution is -0.137. The topological polar surface area (TPSA) is 68.5 Å². The lowest BCUT2D eigenvalue weighted by Gasteiger charge is -2.12. The summed E-state index contributed by atoms with van der Waals surface area (Å²) in [6.45, 7) is 1.91. The maximum absolute atomic E-state index is 13.3. The summed E-state index contributed by atoms with van der Waals surface area (Å²) in [7, 11) is 0. The lowest BCUT2D eigenvalue weighted by atomic mass is 9.95. The third-order valence-corrected chi connectivity index (χ3v) is 6.41. The fraction of sp³-hybridized carbons (Fsp3) is 0.304. The van der Waals surface area contributed by atoms with E-state index in [1.165, 1.54) is 41.7 Å². The third-order valence-electron chi connectivity index (χ3n) is 5.21. The summed E-state index contributed by atoms with van der Waals surface area (Å²) < 4.78 is 50.6. The van der Waals surface area contributed by atoms with Gasteiger partial charge in [0.1, 0.15) is 10.8 Å². The summed E-state index contributed by atoms with van der Waals surface area (Å²) in [5, 5.41) is 3.07. The number of carbonyl (C=O) groups excluding carboxylic acids is 2. The predicted octanol–water partition coefficient (Wildman–Crippen LogP) is 6.33. The molecular formula is C23H20F3NO4S. The van der Waals surface area contributed by atoms with E-state index in [1.54, 1.807) is 6.92 Å². The summed E-state index contributed by atoms with van der Waals surface area (Å²) in [4.78, 5) is 26.4. The predicted molar refractivity (Wildman–Crippen MR) is 114 cm³/mol. The van der Waals surface area contributed by atoms with Crippen molar-refractivity contribution in [2.75, 3.05) is 11.9 Å². The fourth-order valence-corrected chi connectivity index (χ4v) is 5.06. The zero-order chi connectivity index (χ0) is 22.9. The van der Waals surface area contributed by atoms with Crippen LogP contribution in [0, 0.1) is 0 Å². The van der Waals surface area contributed by atoms with Crippen LogP contribution < -0.4 is 5.32 Å². The van der Waals surface area contributed by atoms with Crippen LogP contribution in [0.15, 0.2) is 40.8 Å². The number of ether oxygens (including phenoxy) is 1. The van der Waals surface area contributed by atoms with Gasteiger partial charge in [0.25, 0.3) is 5.91 Å². The third kappa shape index (κ3) is 4.29. The number of fused-ring (bicyclic) bond motifs is 1. The van der Waals surface area contributed by atoms with Crippen LogP contribution in [0.5, 0.6) is 0 Å². The number of alkyl halides is 3. The smallest absolute Gasteiger partial charge is 0.417 e. The van der Waals surface area contributed by atoms with Crippen molar-refractivity contribution < 1.29 is 31.9 Å². The number of hydrogen-bond acceptors (Lipinski definition) is 5. The largest absolute Gasteiger partial charge is 0.462 e. The fourth-order valence-electron chi connectivity index (χ4n) is 3.79. The number of amides is 1. The highest BCUT2D eigenvalue weighted by atomic mass is 32.1. The molecule has 1 aliphatic carbocycles. The Morgan fingerprint density at radius 2 is 1.88 bits per heavy atom. The molecule has 3 aromatic rings. The summed E-state index contributed by atoms with van der Waals surface area (Å²) in [6.07, 6.45) is -1.06. The van der Waals surface area contributed by atoms with Gasteiger partial charge in [-0.05, 0) is 56.4 Å². The molecule has 0 radical (unpaired) electrons. The molecule has 2 aromatic heterocycles. The molecule has 0 spiro atoms. The number of nitrogens with one attached hydrogen (secondary N) is 1. The first-order valence-corrected chi connectivity index (χ1v) is 11.0. The van der Waals surface area contributed by atoms with Crippen LogP contribution in [0.3, 0.4) is 0 Å². The number of halogens is 3. The van der Waals surface area contributed by atoms with Crippen LogP contribution >= 0.6 is 11.3 Å². The van der Waals surface area contributed by atoms with Crippen LogP contribution in [-0.4, -0.2) is 18.5 Å². The summed E-state index contributed by atoms with van der Waals surface area (Å²) >= 11 is 1.32. The van der Waals surface area contributed by atoms with Gasteiger partial charge in [-0.2, -0.15) is 13.2 Å². The Bertz CT molecular complexity index is 1160. The van der Waals surface area contributed by atoms with Crippen LogP contribution in [0.2, 0.25) is 0 Å². The van der Waals surface area contributed by atoms with Crippen molar-refractivity contribution in [3.63, 3.8) is 0 Å². The monoisotopic (exact) mass is 463 g/mol. The van der Waals surface area contributed by atoms with E-state index in [0.29, 0.717) is 10.6 Å². The second-order valence-corrected chi connectivity index (χ2v) is 8.40. The van der Waals surface area contributed by atoms with Gasteiger partial charge in [-0.1, -0.05) is 18.2 Å². The Hall–Kier alpha value is -3.07. The van der Waals surface area contributed by atoms with Gasteiger partial charge in [-0.15, -0.1) is 11.3 Å². The van der Waals surface area contributed by atoms with Crippen molar-refractivity contribution in [2.24, 2.45) is 0 Å². The minimum atomic E-state index is -4.56. The summed E-state index contributed by atoms with van der Waals surface area (Å²) in [6, 6.07) is 7.64. The number of benzene rings is 1. The van der Waals surface area contributed by atoms with Crippen molar-refractivity contribution in [1.29, 1.82) is 0 Å². The SMILES string of the molecule is CCOC(=O)c1c(NC(=O)c2ccc(-c3ccccc3C(F)(F)F)o2)sc2c1CCCC2. The van der Waals surface area contributed by atoms with E-state index in [0.717, 1.165) is 42.2 Å². The van der Waals surface area contributed by atoms with Crippen LogP contribution in [0.25, 0.3) is 11.3 Å². The van der Waals surface area contributed by atoms with E-state index in [9.17, 15) is 22.8 Å². The summed E-state index contributed by atoms with van der Waals surface area (Å²) in [5.41, 5.74) is 0.248. The minimum absolute atomic E-state index is 0.0702. The lowest BCUT2D eigenvalue weighted by Crippen LogP contribution is -2.15. The summed E-state index contributed by atoms with van der Waals surface area (Å²) in [5.74, 6) is -1.37. The highest BCUT2D eigenvalue weighted by Crippen LogP contribution is 2.40. The number of esters is 1. The standard InChI is InChI=1S/C23H20F3NO4S/c1-2-30-22(29)19-14-8-4-6-10-18(14)32-21(19)27-20(28)17-12-11-16(31-17)13-7-3-5-9-15(13)23(24,25)26/h3,5,7,9,11-12H,2,4,6,8,10H2,1H3,(H,27,28). The van der Waals surface area contributed by atoms with Crippen molar-refractivity contribution in [3.05, 3.63) is 63.7 Å². The van der Waals surface area contributed by atoms with Crippen LogP contribution in [0.1, 0.15) is 56.7 Å². The zero-order valence-corrected chi connectivity index (χ0v) is 18.0. The molecule has 1 N–H and O–H groups in total. The molecule has 2 heterocycles. The number of aryl methyl sites for hydroxylation is 1. The highest BCUT2D eigenvalue weighted by Gasteiger charge is 2.34. The molecule has 0 unspecified atom stereocenters. The van der Waals surface area contributed by atoms with Crippen molar-refractivity contribution >= 4 is 28.2 Å². The highest BCUT2D eigenvalue weighted by molar-refractivity contribution is 7.17. The van der Waals surface area contributed by atoms with Gasteiger partial charge in [0.15, 0.2) is 5.76 Å². The van der Waals surface area contributed by atoms with E-state index in [1.807, 2.05) is 0 Å². The number of hydrogen-bond donors (Lipinski definition) is 1. The van der Waals surface area contributed by atoms with Gasteiger partial charge in [-0.25, -0.2) is 4.79 Å². The van der Waals surface area contributed by atoms with Gasteiger partial charge in [0.05, 0.1) is 17.7 Å². The molecule has 1 aliphatic rings. The molecule has 4 rings (SSSR count). The van der Waals surface area contributed by atoms with E-state index < -0.39 is 23.6 Å². The Morgan fingerprint density at radius 1 is 1.12 bits per heavy atom. The first-order valence-electron chi connectivity index (χ1n) is 10.2. The number of rotatable bonds is 5. The van der Waals surface area contributed by atoms with E-state index >= 15 is 0 Å².